The van der Waals surface area contributed by atoms with Crippen molar-refractivity contribution < 1.29 is 143 Å². The molecule has 4 saturated carbocycles. The molecule has 31 atom stereocenters. The molecule has 0 amide bonds. The van der Waals surface area contributed by atoms with Crippen molar-refractivity contribution in [1.29, 1.82) is 0 Å². The van der Waals surface area contributed by atoms with Crippen LogP contribution in [0.1, 0.15) is 99.8 Å². The Morgan fingerprint density at radius 2 is 1.24 bits per heavy atom. The van der Waals surface area contributed by atoms with Crippen molar-refractivity contribution in [3.05, 3.63) is 11.6 Å². The Morgan fingerprint density at radius 1 is 0.602 bits per heavy atom. The van der Waals surface area contributed by atoms with E-state index in [1.54, 1.807) is 0 Å². The van der Waals surface area contributed by atoms with Gasteiger partial charge in [-0.2, -0.15) is 0 Å². The Labute approximate surface area is 508 Å². The van der Waals surface area contributed by atoms with E-state index in [9.17, 15) is 86.5 Å². The van der Waals surface area contributed by atoms with Crippen molar-refractivity contribution in [3.8, 4) is 0 Å². The van der Waals surface area contributed by atoms with Crippen molar-refractivity contribution in [3.63, 3.8) is 0 Å². The first-order valence-corrected chi connectivity index (χ1v) is 30.8. The second-order valence-electron chi connectivity index (χ2n) is 28.4. The Morgan fingerprint density at radius 3 is 1.89 bits per heavy atom. The summed E-state index contributed by atoms with van der Waals surface area (Å²) in [6.45, 7) is 8.34. The maximum atomic E-state index is 15.5. The van der Waals surface area contributed by atoms with Crippen LogP contribution in [0.4, 0.5) is 0 Å². The molecule has 5 saturated heterocycles. The fraction of sp³-hybridized carbons (Fsp3) is 0.932. The fourth-order valence-electron chi connectivity index (χ4n) is 17.7. The van der Waals surface area contributed by atoms with Gasteiger partial charge in [0.15, 0.2) is 37.4 Å². The quantitative estimate of drug-likeness (QED) is 0.0416. The monoisotopic (exact) mass is 1270 g/mol. The summed E-state index contributed by atoms with van der Waals surface area (Å²) in [5.74, 6) is -3.22. The predicted molar refractivity (Wildman–Crippen MR) is 291 cm³/mol. The van der Waals surface area contributed by atoms with Gasteiger partial charge < -0.3 is 134 Å². The normalized spacial score (nSPS) is 52.5. The second kappa shape index (κ2) is 25.1. The summed E-state index contributed by atoms with van der Waals surface area (Å²) in [6.07, 6.45) is -33.2. The maximum absolute atomic E-state index is 15.5. The summed E-state index contributed by atoms with van der Waals surface area (Å²) >= 11 is 0. The number of allylic oxidation sites excluding steroid dienone is 2. The van der Waals surface area contributed by atoms with E-state index in [-0.39, 0.29) is 30.6 Å². The number of rotatable bonds is 15. The topological polar surface area (TPSA) is 459 Å². The number of hydrogen-bond acceptors (Lipinski definition) is 29. The molecular weight excluding hydrogens is 1170 g/mol. The molecule has 0 radical (unpaired) electrons. The summed E-state index contributed by atoms with van der Waals surface area (Å²) in [7, 11) is 0. The van der Waals surface area contributed by atoms with Crippen LogP contribution in [0.5, 0.6) is 0 Å². The minimum absolute atomic E-state index is 0.0624. The molecule has 29 heteroatoms. The number of hydrogen-bond donors (Lipinski definition) is 16. The van der Waals surface area contributed by atoms with Gasteiger partial charge in [-0.25, -0.2) is 0 Å². The van der Waals surface area contributed by atoms with Crippen LogP contribution in [0, 0.1) is 50.2 Å². The van der Waals surface area contributed by atoms with Crippen LogP contribution in [0.2, 0.25) is 0 Å². The Hall–Kier alpha value is -2.32. The minimum atomic E-state index is -2.10. The molecule has 10 aliphatic rings. The highest BCUT2D eigenvalue weighted by molar-refractivity contribution is 5.80. The van der Waals surface area contributed by atoms with Gasteiger partial charge in [0.2, 0.25) is 6.29 Å². The predicted octanol–water partition coefficient (Wildman–Crippen LogP) is -4.81. The van der Waals surface area contributed by atoms with Crippen molar-refractivity contribution in [2.24, 2.45) is 50.2 Å². The van der Waals surface area contributed by atoms with E-state index in [0.29, 0.717) is 32.1 Å². The summed E-state index contributed by atoms with van der Waals surface area (Å²) in [4.78, 5) is 28.2. The molecule has 5 aliphatic heterocycles. The zero-order valence-electron chi connectivity index (χ0n) is 50.7. The van der Waals surface area contributed by atoms with Gasteiger partial charge in [0.25, 0.3) is 0 Å². The van der Waals surface area contributed by atoms with E-state index < -0.39 is 244 Å². The summed E-state index contributed by atoms with van der Waals surface area (Å²) in [5.41, 5.74) is -6.99. The van der Waals surface area contributed by atoms with E-state index in [1.807, 2.05) is 6.92 Å². The van der Waals surface area contributed by atoms with E-state index in [1.165, 1.54) is 6.92 Å². The Bertz CT molecular complexity index is 2500. The lowest BCUT2D eigenvalue weighted by atomic mass is 9.33. The lowest BCUT2D eigenvalue weighted by molar-refractivity contribution is -0.372. The average molecular weight is 1270 g/mol. The average Bonchev–Trinajstić information content (AvgIpc) is 0.764. The van der Waals surface area contributed by atoms with Crippen LogP contribution >= 0.6 is 0 Å². The summed E-state index contributed by atoms with van der Waals surface area (Å²) in [6, 6.07) is 0. The van der Waals surface area contributed by atoms with Crippen molar-refractivity contribution in [2.45, 2.75) is 247 Å². The summed E-state index contributed by atoms with van der Waals surface area (Å²) < 4.78 is 64.7. The first kappa shape index (κ1) is 68.5. The smallest absolute Gasteiger partial charge is 0.317 e. The molecule has 9 fully saturated rings. The number of aliphatic hydroxyl groups excluding tert-OH is 15. The highest BCUT2D eigenvalue weighted by Gasteiger charge is 2.74. The van der Waals surface area contributed by atoms with Crippen LogP contribution in [0.15, 0.2) is 11.6 Å². The molecule has 29 nitrogen and oxygen atoms in total. The van der Waals surface area contributed by atoms with Crippen molar-refractivity contribution in [1.82, 2.24) is 0 Å². The van der Waals surface area contributed by atoms with E-state index in [0.717, 1.165) is 12.5 Å². The molecule has 0 aromatic carbocycles. The Balaban J connectivity index is 0.883. The fourth-order valence-corrected chi connectivity index (χ4v) is 17.7. The van der Waals surface area contributed by atoms with Crippen LogP contribution in [0.25, 0.3) is 0 Å². The van der Waals surface area contributed by atoms with Gasteiger partial charge in [0.1, 0.15) is 84.3 Å². The standard InChI is InChI=1S/C59H94O29/c1-24-41(84-47-39(73)42(30(67)19-78-47)85-51-45(75)58(77,22-63)23-80-51)43(82-25(2)64)40(74)49(81-24)86-44-35(69)29(66)18-79-50(44)88-52(76)59-13-12-53(3,4)14-27(59)26-8-9-32-54(5)15-28(65)46(87-48-38(72)37(71)36(70)31(17-60)83-48)57(20-61,21-62)33(54)10-11-55(32,6)56(26,7)16-34(59)68/h8,24,27-51,60-63,65-75,77H,9-23H2,1-7H3/t24-,27-,28-,29-,30-,31-,32-,33+,34+,35+,36-,37+,38-,39-,40-,41-,42+,43-,44-,45+,46+,47+,48+,49+,50+,51+,54-,55+,56-,58-,59-/m0/s1. The van der Waals surface area contributed by atoms with Gasteiger partial charge in [-0.3, -0.25) is 9.59 Å². The number of aliphatic hydroxyl groups is 16. The van der Waals surface area contributed by atoms with Crippen LogP contribution in [-0.4, -0.2) is 287 Å². The molecule has 0 bridgehead atoms. The summed E-state index contributed by atoms with van der Waals surface area (Å²) in [5, 5.41) is 178. The van der Waals surface area contributed by atoms with Gasteiger partial charge in [-0.15, -0.1) is 0 Å². The molecule has 88 heavy (non-hydrogen) atoms. The molecule has 0 aromatic heterocycles. The van der Waals surface area contributed by atoms with Crippen LogP contribution in [-0.2, 0) is 61.7 Å². The van der Waals surface area contributed by atoms with Crippen LogP contribution in [0.3, 0.4) is 0 Å². The number of fused-ring (bicyclic) bond motifs is 7. The molecule has 5 heterocycles. The third kappa shape index (κ3) is 11.1. The largest absolute Gasteiger partial charge is 0.457 e. The number of esters is 2. The maximum Gasteiger partial charge on any atom is 0.317 e. The molecule has 0 spiro atoms. The third-order valence-corrected chi connectivity index (χ3v) is 22.9. The zero-order valence-corrected chi connectivity index (χ0v) is 50.7. The van der Waals surface area contributed by atoms with E-state index in [4.69, 9.17) is 52.1 Å². The molecule has 10 rings (SSSR count). The van der Waals surface area contributed by atoms with Gasteiger partial charge >= 0.3 is 11.9 Å². The lowest BCUT2D eigenvalue weighted by Gasteiger charge is -2.72. The highest BCUT2D eigenvalue weighted by atomic mass is 16.8. The molecule has 16 N–H and O–H groups in total. The lowest BCUT2D eigenvalue weighted by Crippen LogP contribution is -2.71. The van der Waals surface area contributed by atoms with Crippen LogP contribution < -0.4 is 0 Å². The minimum Gasteiger partial charge on any atom is -0.457 e. The number of carbonyl (C=O) groups is 2. The highest BCUT2D eigenvalue weighted by Crippen LogP contribution is 2.76. The molecule has 0 unspecified atom stereocenters. The van der Waals surface area contributed by atoms with E-state index in [2.05, 4.69) is 33.8 Å². The zero-order chi connectivity index (χ0) is 64.3. The van der Waals surface area contributed by atoms with Gasteiger partial charge in [0.05, 0.1) is 70.7 Å². The first-order valence-electron chi connectivity index (χ1n) is 30.8. The molecule has 504 valence electrons. The molecule has 0 aromatic rings. The van der Waals surface area contributed by atoms with Gasteiger partial charge in [0, 0.05) is 12.3 Å². The third-order valence-electron chi connectivity index (χ3n) is 22.9. The Kier molecular flexibility index (Phi) is 19.6. The SMILES string of the molecule is CC(=O)O[C@H]1[C@H](O)[C@@H](O[C@@H]2[C@@H](OC(=O)[C@@]34CCC(C)(C)C[C@H]3C3=CC[C@H]5[C@]6(C)C[C@H](O)[C@@H](O[C@H]7O[C@@H](CO)[C@H](O)[C@@H](O)[C@@H]7O)C(CO)(CO)[C@@H]6CC[C@@]5(C)[C@@]3(C)C[C@H]4O)OC[C@H](O)[C@H]2O)O[C@@H](C)[C@@H]1O[C@H]1OC[C@H](O)[C@@H](O[C@H]2OC[C@@](O)(CO)[C@@H]2O)[C@@H]1O. The van der Waals surface area contributed by atoms with Crippen molar-refractivity contribution in [2.75, 3.05) is 46.2 Å². The molecule has 5 aliphatic carbocycles. The number of carbonyl (C=O) groups excluding carboxylic acids is 2. The van der Waals surface area contributed by atoms with Crippen molar-refractivity contribution >= 4 is 11.9 Å². The van der Waals surface area contributed by atoms with Gasteiger partial charge in [-0.05, 0) is 97.7 Å². The van der Waals surface area contributed by atoms with Gasteiger partial charge in [-0.1, -0.05) is 46.3 Å². The number of ether oxygens (including phenoxy) is 11. The van der Waals surface area contributed by atoms with E-state index >= 15 is 4.79 Å². The first-order chi connectivity index (χ1) is 41.3. The second-order valence-corrected chi connectivity index (χ2v) is 28.4. The molecular formula is C59H94O29.